The van der Waals surface area contributed by atoms with Gasteiger partial charge in [-0.2, -0.15) is 0 Å². The van der Waals surface area contributed by atoms with E-state index in [1.54, 1.807) is 0 Å². The smallest absolute Gasteiger partial charge is 0.343 e. The number of aliphatic carboxylic acids is 3. The number of carbonyl (C=O) groups is 3. The molecule has 2 aliphatic heterocycles. The van der Waals surface area contributed by atoms with Crippen molar-refractivity contribution in [1.82, 2.24) is 0 Å². The summed E-state index contributed by atoms with van der Waals surface area (Å²) in [6.45, 7) is 8.39. The van der Waals surface area contributed by atoms with E-state index in [4.69, 9.17) is 14.2 Å². The number of benzene rings is 1. The third-order valence-corrected chi connectivity index (χ3v) is 7.25. The van der Waals surface area contributed by atoms with Crippen molar-refractivity contribution in [2.24, 2.45) is 5.92 Å². The summed E-state index contributed by atoms with van der Waals surface area (Å²) in [5, 5.41) is 61.5. The van der Waals surface area contributed by atoms with Gasteiger partial charge in [0.25, 0.3) is 0 Å². The highest BCUT2D eigenvalue weighted by molar-refractivity contribution is 5.97. The highest BCUT2D eigenvalue weighted by Crippen LogP contribution is 2.54. The molecule has 2 heterocycles. The van der Waals surface area contributed by atoms with E-state index in [0.717, 1.165) is 12.0 Å². The summed E-state index contributed by atoms with van der Waals surface area (Å²) in [7, 11) is 0. The van der Waals surface area contributed by atoms with E-state index in [0.29, 0.717) is 18.6 Å². The summed E-state index contributed by atoms with van der Waals surface area (Å²) in [5.41, 5.74) is -5.63. The Bertz CT molecular complexity index is 1060. The molecule has 0 spiro atoms. The van der Waals surface area contributed by atoms with Crippen molar-refractivity contribution in [2.75, 3.05) is 6.61 Å². The molecule has 0 aromatic heterocycles. The van der Waals surface area contributed by atoms with Gasteiger partial charge in [-0.05, 0) is 36.3 Å². The Labute approximate surface area is 219 Å². The fraction of sp³-hybridized carbons (Fsp3) is 0.577. The van der Waals surface area contributed by atoms with E-state index in [9.17, 15) is 45.0 Å². The second-order valence-electron chi connectivity index (χ2n) is 9.87. The number of fused-ring (bicyclic) bond motifs is 2. The molecule has 2 bridgehead atoms. The predicted octanol–water partition coefficient (Wildman–Crippen LogP) is 0.568. The minimum atomic E-state index is -3.76. The van der Waals surface area contributed by atoms with E-state index in [2.05, 4.69) is 6.58 Å². The molecule has 2 aliphatic rings. The largest absolute Gasteiger partial charge is 0.479 e. The molecule has 0 amide bonds. The van der Waals surface area contributed by atoms with Gasteiger partial charge in [-0.25, -0.2) is 14.4 Å². The first-order chi connectivity index (χ1) is 17.8. The summed E-state index contributed by atoms with van der Waals surface area (Å²) < 4.78 is 16.7. The van der Waals surface area contributed by atoms with Crippen LogP contribution in [-0.4, -0.2) is 96.6 Å². The van der Waals surface area contributed by atoms with Crippen molar-refractivity contribution in [3.8, 4) is 0 Å². The molecule has 0 radical (unpaired) electrons. The summed E-state index contributed by atoms with van der Waals surface area (Å²) in [5.74, 6) is -9.05. The van der Waals surface area contributed by atoms with E-state index < -0.39 is 65.7 Å². The molecule has 8 atom stereocenters. The topological polar surface area (TPSA) is 200 Å². The van der Waals surface area contributed by atoms with Crippen LogP contribution in [0.4, 0.5) is 0 Å². The van der Waals surface area contributed by atoms with Gasteiger partial charge >= 0.3 is 17.9 Å². The highest BCUT2D eigenvalue weighted by atomic mass is 16.8. The van der Waals surface area contributed by atoms with Crippen LogP contribution in [0.1, 0.15) is 38.7 Å². The molecule has 6 N–H and O–H groups in total. The summed E-state index contributed by atoms with van der Waals surface area (Å²) in [6.07, 6.45) is -7.02. The lowest BCUT2D eigenvalue weighted by molar-refractivity contribution is -0.374. The van der Waals surface area contributed by atoms with Crippen molar-refractivity contribution in [2.45, 2.75) is 80.9 Å². The lowest BCUT2D eigenvalue weighted by atomic mass is 9.74. The molecule has 0 unspecified atom stereocenters. The van der Waals surface area contributed by atoms with Crippen LogP contribution >= 0.6 is 0 Å². The van der Waals surface area contributed by atoms with E-state index in [-0.39, 0.29) is 12.3 Å². The van der Waals surface area contributed by atoms with Crippen molar-refractivity contribution in [3.05, 3.63) is 48.0 Å². The van der Waals surface area contributed by atoms with Gasteiger partial charge in [0.2, 0.25) is 17.3 Å². The molecule has 2 fully saturated rings. The molecule has 210 valence electrons. The lowest BCUT2D eigenvalue weighted by Gasteiger charge is -2.48. The Morgan fingerprint density at radius 3 is 2.24 bits per heavy atom. The maximum atomic E-state index is 12.2. The number of aliphatic hydroxyl groups excluding tert-OH is 2. The van der Waals surface area contributed by atoms with Crippen molar-refractivity contribution in [3.63, 3.8) is 0 Å². The van der Waals surface area contributed by atoms with Gasteiger partial charge in [-0.1, -0.05) is 50.8 Å². The van der Waals surface area contributed by atoms with Gasteiger partial charge in [-0.15, -0.1) is 0 Å². The first kappa shape index (κ1) is 29.7. The Kier molecular flexibility index (Phi) is 8.66. The maximum absolute atomic E-state index is 12.2. The average molecular weight is 539 g/mol. The van der Waals surface area contributed by atoms with Gasteiger partial charge < -0.3 is 44.8 Å². The molecule has 3 rings (SSSR count). The Balaban J connectivity index is 1.91. The third kappa shape index (κ3) is 4.72. The number of hydrogen-bond donors (Lipinski definition) is 6. The van der Waals surface area contributed by atoms with Crippen molar-refractivity contribution in [1.29, 1.82) is 0 Å². The summed E-state index contributed by atoms with van der Waals surface area (Å²) in [6, 6.07) is 9.66. The first-order valence-corrected chi connectivity index (χ1v) is 12.3. The molecular weight excluding hydrogens is 504 g/mol. The van der Waals surface area contributed by atoms with Gasteiger partial charge in [0.15, 0.2) is 5.79 Å². The van der Waals surface area contributed by atoms with Crippen LogP contribution in [-0.2, 0) is 35.0 Å². The van der Waals surface area contributed by atoms with Crippen LogP contribution in [0.15, 0.2) is 42.5 Å². The zero-order chi connectivity index (χ0) is 28.5. The van der Waals surface area contributed by atoms with Crippen LogP contribution in [0.5, 0.6) is 0 Å². The minimum Gasteiger partial charge on any atom is -0.479 e. The highest BCUT2D eigenvalue weighted by Gasteiger charge is 2.84. The second-order valence-corrected chi connectivity index (χ2v) is 9.87. The quantitative estimate of drug-likeness (QED) is 0.191. The third-order valence-electron chi connectivity index (χ3n) is 7.25. The number of rotatable bonds is 13. The van der Waals surface area contributed by atoms with Crippen molar-refractivity contribution < 1.29 is 59.2 Å². The molecular formula is C26H34O12. The SMILES string of the molecule is C=C(CC[C@]12O[C@H](C(=O)O)[C@@](O)(C(=O)O)[C@](C(=O)O)(O1)[C@H](O)[C@H]2O)[C@@H](OCCC)[C@H](C)Cc1ccccc1. The van der Waals surface area contributed by atoms with Gasteiger partial charge in [0.1, 0.15) is 12.2 Å². The molecule has 38 heavy (non-hydrogen) atoms. The molecule has 2 saturated heterocycles. The molecule has 0 saturated carbocycles. The average Bonchev–Trinajstić information content (AvgIpc) is 3.06. The molecule has 12 heteroatoms. The number of hydrogen-bond acceptors (Lipinski definition) is 9. The van der Waals surface area contributed by atoms with Crippen LogP contribution in [0.3, 0.4) is 0 Å². The normalized spacial score (nSPS) is 33.9. The molecule has 0 aliphatic carbocycles. The van der Waals surface area contributed by atoms with Crippen LogP contribution in [0.2, 0.25) is 0 Å². The van der Waals surface area contributed by atoms with Gasteiger partial charge in [0.05, 0.1) is 6.10 Å². The van der Waals surface area contributed by atoms with Crippen LogP contribution in [0, 0.1) is 5.92 Å². The number of aliphatic hydroxyl groups is 3. The zero-order valence-electron chi connectivity index (χ0n) is 21.1. The summed E-state index contributed by atoms with van der Waals surface area (Å²) in [4.78, 5) is 36.2. The van der Waals surface area contributed by atoms with Crippen LogP contribution in [0.25, 0.3) is 0 Å². The lowest BCUT2D eigenvalue weighted by Crippen LogP contribution is -2.77. The fourth-order valence-corrected chi connectivity index (χ4v) is 5.32. The maximum Gasteiger partial charge on any atom is 0.343 e. The Morgan fingerprint density at radius 2 is 1.71 bits per heavy atom. The fourth-order valence-electron chi connectivity index (χ4n) is 5.32. The first-order valence-electron chi connectivity index (χ1n) is 12.3. The van der Waals surface area contributed by atoms with E-state index >= 15 is 0 Å². The number of ether oxygens (including phenoxy) is 3. The minimum absolute atomic E-state index is 0.0369. The van der Waals surface area contributed by atoms with E-state index in [1.807, 2.05) is 44.2 Å². The number of carboxylic acids is 3. The standard InChI is InChI=1S/C26H34O12/c1-4-12-36-17(15(3)13-16-8-6-5-7-9-16)14(2)10-11-24-18(27)19(28)26(38-24,23(33)34)25(35,22(31)32)20(37-24)21(29)30/h5-9,15,17-20,27-28,35H,2,4,10-13H2,1,3H3,(H,29,30)(H,31,32)(H,33,34)/t15-,17-,18-,19-,20-,24+,25-,26+/m1/s1. The number of carboxylic acid groups (broad SMARTS) is 3. The predicted molar refractivity (Wildman–Crippen MR) is 129 cm³/mol. The van der Waals surface area contributed by atoms with Gasteiger partial charge in [0, 0.05) is 13.0 Å². The molecule has 12 nitrogen and oxygen atoms in total. The van der Waals surface area contributed by atoms with E-state index in [1.165, 1.54) is 0 Å². The summed E-state index contributed by atoms with van der Waals surface area (Å²) >= 11 is 0. The zero-order valence-corrected chi connectivity index (χ0v) is 21.1. The van der Waals surface area contributed by atoms with Crippen LogP contribution < -0.4 is 0 Å². The Hall–Kier alpha value is -2.87. The molecule has 1 aromatic rings. The second kappa shape index (κ2) is 11.1. The van der Waals surface area contributed by atoms with Crippen molar-refractivity contribution >= 4 is 17.9 Å². The Morgan fingerprint density at radius 1 is 1.08 bits per heavy atom. The monoisotopic (exact) mass is 538 g/mol. The molecule has 1 aromatic carbocycles. The van der Waals surface area contributed by atoms with Gasteiger partial charge in [-0.3, -0.25) is 0 Å².